The normalized spacial score (nSPS) is 25.6. The van der Waals surface area contributed by atoms with Crippen LogP contribution in [0.3, 0.4) is 0 Å². The molecule has 0 aromatic rings. The second-order valence-corrected chi connectivity index (χ2v) is 7.92. The maximum Gasteiger partial charge on any atom is 0.417 e. The summed E-state index contributed by atoms with van der Waals surface area (Å²) in [6.07, 6.45) is -1.54. The number of aliphatic hydroxyl groups is 3. The number of carbonyl (C=O) groups excluding carboxylic acids is 1. The van der Waals surface area contributed by atoms with Crippen LogP contribution in [0.2, 0.25) is 0 Å². The van der Waals surface area contributed by atoms with Gasteiger partial charge in [0.25, 0.3) is 0 Å². The Kier molecular flexibility index (Phi) is 9.11. The zero-order chi connectivity index (χ0) is 22.4. The van der Waals surface area contributed by atoms with Gasteiger partial charge < -0.3 is 20.6 Å². The average molecular weight is 419 g/mol. The Bertz CT molecular complexity index is 653. The summed E-state index contributed by atoms with van der Waals surface area (Å²) in [5, 5.41) is 32.3. The Morgan fingerprint density at radius 3 is 2.55 bits per heavy atom. The van der Waals surface area contributed by atoms with Gasteiger partial charge in [-0.05, 0) is 50.2 Å². The molecule has 0 radical (unpaired) electrons. The van der Waals surface area contributed by atoms with E-state index < -0.39 is 36.3 Å². The Morgan fingerprint density at radius 1 is 1.38 bits per heavy atom. The molecule has 1 aliphatic carbocycles. The van der Waals surface area contributed by atoms with Gasteiger partial charge in [0.1, 0.15) is 0 Å². The highest BCUT2D eigenvalue weighted by Gasteiger charge is 2.51. The molecule has 0 spiro atoms. The molecule has 0 unspecified atom stereocenters. The molecule has 4 N–H and O–H groups in total. The van der Waals surface area contributed by atoms with Crippen molar-refractivity contribution in [3.05, 3.63) is 35.6 Å². The van der Waals surface area contributed by atoms with Gasteiger partial charge in [-0.1, -0.05) is 25.7 Å². The SMILES string of the molecule is C=C1C(=C(NC(=O)C[C@](C)(O)C(F)(F)F)[C@@H](C)CCC/C=C/C)C[C@@H](O)C[C@@H]1O. The van der Waals surface area contributed by atoms with Crippen LogP contribution in [0.1, 0.15) is 59.3 Å². The fourth-order valence-corrected chi connectivity index (χ4v) is 3.29. The second kappa shape index (κ2) is 10.4. The Balaban J connectivity index is 3.12. The summed E-state index contributed by atoms with van der Waals surface area (Å²) >= 11 is 0. The van der Waals surface area contributed by atoms with E-state index in [-0.39, 0.29) is 18.8 Å². The fraction of sp³-hybridized carbons (Fsp3) is 0.667. The lowest BCUT2D eigenvalue weighted by atomic mass is 9.82. The first-order valence-electron chi connectivity index (χ1n) is 9.78. The minimum atomic E-state index is -4.95. The van der Waals surface area contributed by atoms with Crippen LogP contribution in [0, 0.1) is 5.92 Å². The van der Waals surface area contributed by atoms with Gasteiger partial charge in [0.05, 0.1) is 18.6 Å². The number of halogens is 3. The molecule has 1 fully saturated rings. The maximum atomic E-state index is 12.9. The van der Waals surface area contributed by atoms with E-state index in [1.54, 1.807) is 0 Å². The van der Waals surface area contributed by atoms with E-state index in [1.807, 2.05) is 26.0 Å². The van der Waals surface area contributed by atoms with Crippen molar-refractivity contribution in [1.29, 1.82) is 0 Å². The quantitative estimate of drug-likeness (QED) is 0.358. The van der Waals surface area contributed by atoms with Crippen molar-refractivity contribution in [2.45, 2.75) is 83.3 Å². The summed E-state index contributed by atoms with van der Waals surface area (Å²) in [4.78, 5) is 12.3. The van der Waals surface area contributed by atoms with Crippen LogP contribution in [-0.2, 0) is 4.79 Å². The molecule has 0 aliphatic heterocycles. The third-order valence-corrected chi connectivity index (χ3v) is 5.18. The lowest BCUT2D eigenvalue weighted by molar-refractivity contribution is -0.253. The number of allylic oxidation sites excluding steroid dienone is 3. The molecule has 0 aromatic carbocycles. The lowest BCUT2D eigenvalue weighted by Crippen LogP contribution is -2.46. The van der Waals surface area contributed by atoms with Gasteiger partial charge in [0.15, 0.2) is 5.60 Å². The fourth-order valence-electron chi connectivity index (χ4n) is 3.29. The average Bonchev–Trinajstić information content (AvgIpc) is 2.58. The number of hydrogen-bond acceptors (Lipinski definition) is 4. The molecular weight excluding hydrogens is 387 g/mol. The maximum absolute atomic E-state index is 12.9. The molecule has 1 aliphatic rings. The summed E-state index contributed by atoms with van der Waals surface area (Å²) in [6, 6.07) is 0. The van der Waals surface area contributed by atoms with Crippen LogP contribution in [0.4, 0.5) is 13.2 Å². The highest BCUT2D eigenvalue weighted by atomic mass is 19.4. The summed E-state index contributed by atoms with van der Waals surface area (Å²) in [6.45, 7) is 8.10. The number of alkyl halides is 3. The van der Waals surface area contributed by atoms with Crippen molar-refractivity contribution in [2.75, 3.05) is 0 Å². The van der Waals surface area contributed by atoms with Gasteiger partial charge >= 0.3 is 6.18 Å². The standard InChI is InChI=1S/C21H32F3NO4/c1-5-6-7-8-9-13(2)19(16-10-15(26)11-17(27)14(16)3)25-18(28)12-20(4,29)21(22,23)24/h5-6,13,15,17,26-27,29H,3,7-12H2,1-2,4H3,(H,25,28)/b6-5+,19-16?/t13-,15+,17-,20-/m0/s1. The first kappa shape index (κ1) is 25.4. The first-order chi connectivity index (χ1) is 13.3. The van der Waals surface area contributed by atoms with E-state index in [9.17, 15) is 33.3 Å². The number of nitrogens with one attached hydrogen (secondary N) is 1. The zero-order valence-electron chi connectivity index (χ0n) is 17.2. The van der Waals surface area contributed by atoms with E-state index in [4.69, 9.17) is 0 Å². The van der Waals surface area contributed by atoms with Gasteiger partial charge in [0.2, 0.25) is 5.91 Å². The van der Waals surface area contributed by atoms with Gasteiger partial charge in [-0.25, -0.2) is 0 Å². The van der Waals surface area contributed by atoms with Gasteiger partial charge in [-0.15, -0.1) is 0 Å². The number of unbranched alkanes of at least 4 members (excludes halogenated alkanes) is 1. The second-order valence-electron chi connectivity index (χ2n) is 7.92. The molecule has 1 rings (SSSR count). The summed E-state index contributed by atoms with van der Waals surface area (Å²) in [5.74, 6) is -1.23. The van der Waals surface area contributed by atoms with Crippen molar-refractivity contribution in [1.82, 2.24) is 5.32 Å². The van der Waals surface area contributed by atoms with Gasteiger partial charge in [-0.3, -0.25) is 4.79 Å². The molecule has 1 amide bonds. The summed E-state index contributed by atoms with van der Waals surface area (Å²) in [7, 11) is 0. The molecule has 166 valence electrons. The molecule has 8 heteroatoms. The predicted octanol–water partition coefficient (Wildman–Crippen LogP) is 3.51. The molecular formula is C21H32F3NO4. The minimum Gasteiger partial charge on any atom is -0.393 e. The van der Waals surface area contributed by atoms with Crippen molar-refractivity contribution in [3.8, 4) is 0 Å². The van der Waals surface area contributed by atoms with E-state index in [1.165, 1.54) is 0 Å². The van der Waals surface area contributed by atoms with Crippen molar-refractivity contribution in [3.63, 3.8) is 0 Å². The predicted molar refractivity (Wildman–Crippen MR) is 105 cm³/mol. The summed E-state index contributed by atoms with van der Waals surface area (Å²) < 4.78 is 38.8. The number of amides is 1. The Morgan fingerprint density at radius 2 is 2.00 bits per heavy atom. The van der Waals surface area contributed by atoms with E-state index in [0.29, 0.717) is 30.2 Å². The molecule has 0 aromatic heterocycles. The number of hydrogen-bond donors (Lipinski definition) is 4. The molecule has 5 nitrogen and oxygen atoms in total. The molecule has 4 atom stereocenters. The topological polar surface area (TPSA) is 89.8 Å². The summed E-state index contributed by atoms with van der Waals surface area (Å²) in [5.41, 5.74) is -2.02. The first-order valence-corrected chi connectivity index (χ1v) is 9.78. The Hall–Kier alpha value is -1.64. The van der Waals surface area contributed by atoms with Crippen molar-refractivity contribution in [2.24, 2.45) is 5.92 Å². The van der Waals surface area contributed by atoms with E-state index in [0.717, 1.165) is 12.8 Å². The molecule has 0 heterocycles. The van der Waals surface area contributed by atoms with Gasteiger partial charge in [0, 0.05) is 18.5 Å². The number of carbonyl (C=O) groups is 1. The van der Waals surface area contributed by atoms with Crippen LogP contribution in [-0.4, -0.2) is 45.2 Å². The van der Waals surface area contributed by atoms with Gasteiger partial charge in [-0.2, -0.15) is 13.2 Å². The highest BCUT2D eigenvalue weighted by molar-refractivity contribution is 5.79. The monoisotopic (exact) mass is 419 g/mol. The number of rotatable bonds is 8. The minimum absolute atomic E-state index is 0.113. The highest BCUT2D eigenvalue weighted by Crippen LogP contribution is 2.35. The van der Waals surface area contributed by atoms with E-state index in [2.05, 4.69) is 11.9 Å². The molecule has 1 saturated carbocycles. The number of aliphatic hydroxyl groups excluding tert-OH is 2. The van der Waals surface area contributed by atoms with Crippen LogP contribution in [0.15, 0.2) is 35.6 Å². The van der Waals surface area contributed by atoms with Crippen LogP contribution in [0.25, 0.3) is 0 Å². The third kappa shape index (κ3) is 7.28. The zero-order valence-corrected chi connectivity index (χ0v) is 17.2. The lowest BCUT2D eigenvalue weighted by Gasteiger charge is -2.32. The molecule has 29 heavy (non-hydrogen) atoms. The van der Waals surface area contributed by atoms with E-state index >= 15 is 0 Å². The molecule has 0 bridgehead atoms. The third-order valence-electron chi connectivity index (χ3n) is 5.18. The van der Waals surface area contributed by atoms with Crippen molar-refractivity contribution < 1.29 is 33.3 Å². The van der Waals surface area contributed by atoms with Crippen LogP contribution >= 0.6 is 0 Å². The smallest absolute Gasteiger partial charge is 0.393 e. The Labute approximate surface area is 170 Å². The largest absolute Gasteiger partial charge is 0.417 e. The van der Waals surface area contributed by atoms with Crippen molar-refractivity contribution >= 4 is 5.91 Å². The van der Waals surface area contributed by atoms with Crippen LogP contribution in [0.5, 0.6) is 0 Å². The molecule has 0 saturated heterocycles. The van der Waals surface area contributed by atoms with Crippen LogP contribution < -0.4 is 5.32 Å².